The predicted octanol–water partition coefficient (Wildman–Crippen LogP) is 4.83. The summed E-state index contributed by atoms with van der Waals surface area (Å²) in [6.45, 7) is 0.735. The number of para-hydroxylation sites is 1. The molecule has 0 atom stereocenters. The first-order chi connectivity index (χ1) is 12.1. The van der Waals surface area contributed by atoms with Crippen molar-refractivity contribution in [3.05, 3.63) is 75.8 Å². The average molecular weight is 385 g/mol. The Balaban J connectivity index is 1.76. The summed E-state index contributed by atoms with van der Waals surface area (Å²) in [7, 11) is 0. The summed E-state index contributed by atoms with van der Waals surface area (Å²) >= 11 is 12.3. The van der Waals surface area contributed by atoms with Crippen LogP contribution in [0.2, 0.25) is 5.02 Å². The normalized spacial score (nSPS) is 16.0. The summed E-state index contributed by atoms with van der Waals surface area (Å²) in [6, 6.07) is 16.0. The van der Waals surface area contributed by atoms with E-state index < -0.39 is 0 Å². The molecule has 1 saturated heterocycles. The minimum absolute atomic E-state index is 0.135. The molecule has 0 spiro atoms. The Hall–Kier alpha value is -2.08. The van der Waals surface area contributed by atoms with Crippen molar-refractivity contribution < 1.29 is 4.79 Å². The van der Waals surface area contributed by atoms with Crippen molar-refractivity contribution in [3.8, 4) is 0 Å². The molecule has 124 valence electrons. The highest BCUT2D eigenvalue weighted by Gasteiger charge is 2.22. The molecule has 1 aromatic heterocycles. The fourth-order valence-electron chi connectivity index (χ4n) is 2.87. The maximum Gasteiger partial charge on any atom is 0.263 e. The lowest BCUT2D eigenvalue weighted by atomic mass is 10.1. The largest absolute Gasteiger partial charge is 0.342 e. The van der Waals surface area contributed by atoms with Crippen molar-refractivity contribution in [2.24, 2.45) is 0 Å². The first-order valence-corrected chi connectivity index (χ1v) is 9.27. The molecule has 3 nitrogen and oxygen atoms in total. The molecule has 25 heavy (non-hydrogen) atoms. The number of aromatic nitrogens is 1. The number of hydrogen-bond donors (Lipinski definition) is 1. The van der Waals surface area contributed by atoms with Gasteiger partial charge in [0.15, 0.2) is 0 Å². The van der Waals surface area contributed by atoms with E-state index in [0.29, 0.717) is 9.23 Å². The Morgan fingerprint density at radius 2 is 1.92 bits per heavy atom. The molecule has 6 heteroatoms. The number of amides is 1. The quantitative estimate of drug-likeness (QED) is 0.518. The number of benzene rings is 2. The number of thiocarbonyl (C=S) groups is 1. The molecule has 1 aliphatic heterocycles. The molecular formula is C19H13ClN2OS2. The lowest BCUT2D eigenvalue weighted by molar-refractivity contribution is -0.115. The van der Waals surface area contributed by atoms with Gasteiger partial charge in [-0.25, -0.2) is 0 Å². The third-order valence-electron chi connectivity index (χ3n) is 4.01. The Kier molecular flexibility index (Phi) is 4.37. The van der Waals surface area contributed by atoms with E-state index in [9.17, 15) is 4.79 Å². The van der Waals surface area contributed by atoms with Gasteiger partial charge in [0.2, 0.25) is 0 Å². The van der Waals surface area contributed by atoms with E-state index in [1.165, 1.54) is 17.3 Å². The van der Waals surface area contributed by atoms with Crippen LogP contribution in [-0.2, 0) is 11.3 Å². The van der Waals surface area contributed by atoms with Gasteiger partial charge in [0.25, 0.3) is 5.91 Å². The van der Waals surface area contributed by atoms with Crippen LogP contribution in [-0.4, -0.2) is 14.8 Å². The fourth-order valence-corrected chi connectivity index (χ4v) is 4.03. The number of rotatable bonds is 3. The highest BCUT2D eigenvalue weighted by Crippen LogP contribution is 2.30. The zero-order chi connectivity index (χ0) is 17.4. The van der Waals surface area contributed by atoms with Gasteiger partial charge in [0.05, 0.1) is 4.91 Å². The van der Waals surface area contributed by atoms with Crippen LogP contribution in [0.5, 0.6) is 0 Å². The lowest BCUT2D eigenvalue weighted by Crippen LogP contribution is -2.17. The van der Waals surface area contributed by atoms with Crippen LogP contribution >= 0.6 is 35.6 Å². The summed E-state index contributed by atoms with van der Waals surface area (Å²) in [6.07, 6.45) is 3.97. The van der Waals surface area contributed by atoms with Gasteiger partial charge in [-0.1, -0.05) is 65.9 Å². The van der Waals surface area contributed by atoms with Gasteiger partial charge in [-0.2, -0.15) is 0 Å². The highest BCUT2D eigenvalue weighted by atomic mass is 35.5. The molecule has 4 rings (SSSR count). The second-order valence-electron chi connectivity index (χ2n) is 5.71. The zero-order valence-electron chi connectivity index (χ0n) is 13.0. The van der Waals surface area contributed by atoms with Crippen molar-refractivity contribution >= 4 is 62.8 Å². The monoisotopic (exact) mass is 384 g/mol. The molecular weight excluding hydrogens is 372 g/mol. The molecule has 1 fully saturated rings. The number of carbonyl (C=O) groups is 1. The fraction of sp³-hybridized carbons (Fsp3) is 0.0526. The van der Waals surface area contributed by atoms with Crippen LogP contribution in [0.1, 0.15) is 11.1 Å². The van der Waals surface area contributed by atoms with Gasteiger partial charge in [-0.15, -0.1) is 0 Å². The standard InChI is InChI=1S/C19H13ClN2OS2/c20-14-7-5-12(6-8-14)10-22-11-13(15-3-1-2-4-16(15)22)9-17-18(23)21-19(24)25-17/h1-9,11H,10H2,(H,21,23,24)/b17-9+. The predicted molar refractivity (Wildman–Crippen MR) is 109 cm³/mol. The third-order valence-corrected chi connectivity index (χ3v) is 5.43. The number of thioether (sulfide) groups is 1. The number of halogens is 1. The van der Waals surface area contributed by atoms with Crippen molar-refractivity contribution in [2.45, 2.75) is 6.54 Å². The smallest absolute Gasteiger partial charge is 0.263 e. The van der Waals surface area contributed by atoms with E-state index >= 15 is 0 Å². The number of nitrogens with zero attached hydrogens (tertiary/aromatic N) is 1. The molecule has 2 heterocycles. The summed E-state index contributed by atoms with van der Waals surface area (Å²) in [5, 5.41) is 4.49. The lowest BCUT2D eigenvalue weighted by Gasteiger charge is -2.05. The number of nitrogens with one attached hydrogen (secondary N) is 1. The molecule has 3 aromatic rings. The van der Waals surface area contributed by atoms with Gasteiger partial charge in [0.1, 0.15) is 4.32 Å². The van der Waals surface area contributed by atoms with Crippen LogP contribution in [0.15, 0.2) is 59.6 Å². The second-order valence-corrected chi connectivity index (χ2v) is 7.86. The molecule has 0 aliphatic carbocycles. The maximum atomic E-state index is 11.9. The molecule has 0 bridgehead atoms. The maximum absolute atomic E-state index is 11.9. The van der Waals surface area contributed by atoms with Crippen molar-refractivity contribution in [2.75, 3.05) is 0 Å². The van der Waals surface area contributed by atoms with E-state index in [1.807, 2.05) is 42.5 Å². The Labute approximate surface area is 159 Å². The minimum Gasteiger partial charge on any atom is -0.342 e. The molecule has 1 amide bonds. The van der Waals surface area contributed by atoms with Gasteiger partial charge < -0.3 is 9.88 Å². The number of carbonyl (C=O) groups excluding carboxylic acids is 1. The summed E-state index contributed by atoms with van der Waals surface area (Å²) < 4.78 is 2.68. The van der Waals surface area contributed by atoms with Crippen LogP contribution < -0.4 is 5.32 Å². The van der Waals surface area contributed by atoms with Gasteiger partial charge in [-0.05, 0) is 29.8 Å². The first-order valence-electron chi connectivity index (χ1n) is 7.67. The molecule has 1 aliphatic rings. The van der Waals surface area contributed by atoms with E-state index in [0.717, 1.165) is 28.0 Å². The van der Waals surface area contributed by atoms with Crippen molar-refractivity contribution in [1.82, 2.24) is 9.88 Å². The Morgan fingerprint density at radius 1 is 1.16 bits per heavy atom. The Bertz CT molecular complexity index is 1020. The summed E-state index contributed by atoms with van der Waals surface area (Å²) in [4.78, 5) is 12.6. The van der Waals surface area contributed by atoms with Gasteiger partial charge in [0, 0.05) is 34.2 Å². The SMILES string of the molecule is O=C1NC(=S)S/C1=C/c1cn(Cc2ccc(Cl)cc2)c2ccccc12. The summed E-state index contributed by atoms with van der Waals surface area (Å²) in [5.74, 6) is -0.135. The first kappa shape index (κ1) is 16.4. The molecule has 0 saturated carbocycles. The molecule has 2 aromatic carbocycles. The third kappa shape index (κ3) is 3.35. The topological polar surface area (TPSA) is 34.0 Å². The van der Waals surface area contributed by atoms with E-state index in [-0.39, 0.29) is 5.91 Å². The second kappa shape index (κ2) is 6.67. The summed E-state index contributed by atoms with van der Waals surface area (Å²) in [5.41, 5.74) is 3.29. The Morgan fingerprint density at radius 3 is 2.64 bits per heavy atom. The van der Waals surface area contributed by atoms with Crippen LogP contribution in [0.4, 0.5) is 0 Å². The van der Waals surface area contributed by atoms with Crippen molar-refractivity contribution in [3.63, 3.8) is 0 Å². The number of fused-ring (bicyclic) bond motifs is 1. The van der Waals surface area contributed by atoms with Crippen LogP contribution in [0.3, 0.4) is 0 Å². The molecule has 1 N–H and O–H groups in total. The van der Waals surface area contributed by atoms with Crippen LogP contribution in [0, 0.1) is 0 Å². The van der Waals surface area contributed by atoms with Gasteiger partial charge >= 0.3 is 0 Å². The van der Waals surface area contributed by atoms with E-state index in [4.69, 9.17) is 23.8 Å². The number of hydrogen-bond acceptors (Lipinski definition) is 3. The highest BCUT2D eigenvalue weighted by molar-refractivity contribution is 8.26. The van der Waals surface area contributed by atoms with Crippen molar-refractivity contribution in [1.29, 1.82) is 0 Å². The average Bonchev–Trinajstić information content (AvgIpc) is 3.10. The van der Waals surface area contributed by atoms with Crippen LogP contribution in [0.25, 0.3) is 17.0 Å². The minimum atomic E-state index is -0.135. The van der Waals surface area contributed by atoms with E-state index in [1.54, 1.807) is 0 Å². The van der Waals surface area contributed by atoms with E-state index in [2.05, 4.69) is 28.2 Å². The molecule has 0 unspecified atom stereocenters. The van der Waals surface area contributed by atoms with Gasteiger partial charge in [-0.3, -0.25) is 4.79 Å². The molecule has 0 radical (unpaired) electrons. The zero-order valence-corrected chi connectivity index (χ0v) is 15.4.